The Labute approximate surface area is 187 Å². The third-order valence-electron chi connectivity index (χ3n) is 6.62. The molecule has 2 atom stereocenters. The summed E-state index contributed by atoms with van der Waals surface area (Å²) in [5.41, 5.74) is 4.85. The van der Waals surface area contributed by atoms with Gasteiger partial charge in [-0.05, 0) is 41.4 Å². The number of benzene rings is 2. The minimum Gasteiger partial charge on any atom is -0.329 e. The highest BCUT2D eigenvalue weighted by atomic mass is 16.6. The monoisotopic (exact) mass is 432 g/mol. The summed E-state index contributed by atoms with van der Waals surface area (Å²) in [5.74, 6) is -0.602. The van der Waals surface area contributed by atoms with Crippen LogP contribution in [-0.2, 0) is 15.0 Å². The van der Waals surface area contributed by atoms with Crippen molar-refractivity contribution in [2.75, 3.05) is 0 Å². The Morgan fingerprint density at radius 2 is 1.62 bits per heavy atom. The number of nitro groups is 1. The number of aryl methyl sites for hydroxylation is 1. The predicted molar refractivity (Wildman–Crippen MR) is 122 cm³/mol. The van der Waals surface area contributed by atoms with E-state index in [1.807, 2.05) is 0 Å². The Morgan fingerprint density at radius 1 is 0.969 bits per heavy atom. The van der Waals surface area contributed by atoms with Gasteiger partial charge in [0.05, 0.1) is 4.92 Å². The zero-order valence-corrected chi connectivity index (χ0v) is 18.9. The average molecular weight is 433 g/mol. The number of amides is 1. The first-order valence-electron chi connectivity index (χ1n) is 11.0. The van der Waals surface area contributed by atoms with Gasteiger partial charge in [-0.2, -0.15) is 0 Å². The van der Waals surface area contributed by atoms with Crippen LogP contribution in [0.5, 0.6) is 0 Å². The summed E-state index contributed by atoms with van der Waals surface area (Å²) < 4.78 is 0. The maximum absolute atomic E-state index is 13.3. The number of nitro benzene ring substituents is 1. The fourth-order valence-corrected chi connectivity index (χ4v) is 4.78. The van der Waals surface area contributed by atoms with Gasteiger partial charge >= 0.3 is 0 Å². The lowest BCUT2D eigenvalue weighted by Crippen LogP contribution is -2.38. The van der Waals surface area contributed by atoms with Crippen LogP contribution in [0.3, 0.4) is 0 Å². The van der Waals surface area contributed by atoms with E-state index in [1.165, 1.54) is 11.6 Å². The summed E-state index contributed by atoms with van der Waals surface area (Å²) >= 11 is 0. The molecule has 1 aliphatic carbocycles. The second-order valence-corrected chi connectivity index (χ2v) is 9.90. The lowest BCUT2D eigenvalue weighted by atomic mass is 9.73. The van der Waals surface area contributed by atoms with E-state index < -0.39 is 10.8 Å². The highest BCUT2D eigenvalue weighted by Gasteiger charge is 2.38. The summed E-state index contributed by atoms with van der Waals surface area (Å²) in [4.78, 5) is 36.8. The Morgan fingerprint density at radius 3 is 2.25 bits per heavy atom. The first-order chi connectivity index (χ1) is 15.0. The number of ketones is 1. The molecular formula is C26H28N2O4. The van der Waals surface area contributed by atoms with E-state index in [-0.39, 0.29) is 35.1 Å². The van der Waals surface area contributed by atoms with E-state index >= 15 is 0 Å². The lowest BCUT2D eigenvalue weighted by molar-refractivity contribution is -0.385. The molecule has 0 saturated heterocycles. The number of hydrogen-bond acceptors (Lipinski definition) is 4. The van der Waals surface area contributed by atoms with Crippen molar-refractivity contribution in [2.24, 2.45) is 0 Å². The van der Waals surface area contributed by atoms with Crippen LogP contribution >= 0.6 is 0 Å². The number of nitrogens with zero attached hydrogens (tertiary/aromatic N) is 1. The van der Waals surface area contributed by atoms with Crippen molar-refractivity contribution in [3.05, 3.63) is 86.1 Å². The SMILES string of the molecule is Cc1ccc(C2CC(=O)NC3=C2C(=O)CC(c2ccc(C(C)(C)C)cc2)C3)cc1[N+](=O)[O-]. The molecule has 0 radical (unpaired) electrons. The van der Waals surface area contributed by atoms with Crippen molar-refractivity contribution in [3.63, 3.8) is 0 Å². The van der Waals surface area contributed by atoms with Crippen molar-refractivity contribution < 1.29 is 14.5 Å². The average Bonchev–Trinajstić information content (AvgIpc) is 2.72. The van der Waals surface area contributed by atoms with Crippen molar-refractivity contribution in [3.8, 4) is 0 Å². The smallest absolute Gasteiger partial charge is 0.272 e. The van der Waals surface area contributed by atoms with Crippen LogP contribution in [0.25, 0.3) is 0 Å². The maximum Gasteiger partial charge on any atom is 0.272 e. The van der Waals surface area contributed by atoms with Crippen LogP contribution in [0.2, 0.25) is 0 Å². The number of nitrogens with one attached hydrogen (secondary N) is 1. The Bertz CT molecular complexity index is 1140. The third kappa shape index (κ3) is 4.09. The number of carbonyl (C=O) groups is 2. The number of carbonyl (C=O) groups excluding carboxylic acids is 2. The van der Waals surface area contributed by atoms with Gasteiger partial charge in [-0.25, -0.2) is 0 Å². The molecule has 1 aliphatic heterocycles. The van der Waals surface area contributed by atoms with Gasteiger partial charge in [0.1, 0.15) is 0 Å². The molecule has 4 rings (SSSR count). The number of allylic oxidation sites excluding steroid dienone is 2. The van der Waals surface area contributed by atoms with Gasteiger partial charge in [0.15, 0.2) is 5.78 Å². The zero-order chi connectivity index (χ0) is 23.2. The fourth-order valence-electron chi connectivity index (χ4n) is 4.78. The molecular weight excluding hydrogens is 404 g/mol. The van der Waals surface area contributed by atoms with Crippen LogP contribution < -0.4 is 5.32 Å². The van der Waals surface area contributed by atoms with Gasteiger partial charge < -0.3 is 5.32 Å². The second-order valence-electron chi connectivity index (χ2n) is 9.90. The Kier molecular flexibility index (Phi) is 5.49. The molecule has 166 valence electrons. The zero-order valence-electron chi connectivity index (χ0n) is 18.9. The molecule has 1 N–H and O–H groups in total. The highest BCUT2D eigenvalue weighted by Crippen LogP contribution is 2.43. The molecule has 0 aromatic heterocycles. The van der Waals surface area contributed by atoms with Gasteiger partial charge in [0.25, 0.3) is 5.69 Å². The number of hydrogen-bond donors (Lipinski definition) is 1. The van der Waals surface area contributed by atoms with E-state index in [0.717, 1.165) is 5.56 Å². The van der Waals surface area contributed by atoms with E-state index in [1.54, 1.807) is 19.1 Å². The number of Topliss-reactive ketones (excluding diaryl/α,β-unsaturated/α-hetero) is 1. The molecule has 6 nitrogen and oxygen atoms in total. The topological polar surface area (TPSA) is 89.3 Å². The Balaban J connectivity index is 1.68. The number of rotatable bonds is 3. The van der Waals surface area contributed by atoms with E-state index in [9.17, 15) is 19.7 Å². The molecule has 0 fully saturated rings. The van der Waals surface area contributed by atoms with Crippen LogP contribution in [-0.4, -0.2) is 16.6 Å². The van der Waals surface area contributed by atoms with Crippen molar-refractivity contribution >= 4 is 17.4 Å². The largest absolute Gasteiger partial charge is 0.329 e. The summed E-state index contributed by atoms with van der Waals surface area (Å²) in [6.07, 6.45) is 1.07. The minimum absolute atomic E-state index is 0.00155. The Hall–Kier alpha value is -3.28. The molecule has 1 heterocycles. The molecule has 0 bridgehead atoms. The van der Waals surface area contributed by atoms with Gasteiger partial charge in [0.2, 0.25) is 5.91 Å². The third-order valence-corrected chi connectivity index (χ3v) is 6.62. The molecule has 0 saturated carbocycles. The van der Waals surface area contributed by atoms with Crippen LogP contribution in [0.1, 0.15) is 74.1 Å². The maximum atomic E-state index is 13.3. The van der Waals surface area contributed by atoms with Crippen molar-refractivity contribution in [1.82, 2.24) is 5.32 Å². The minimum atomic E-state index is -0.449. The molecule has 2 aromatic rings. The highest BCUT2D eigenvalue weighted by molar-refractivity contribution is 6.02. The quantitative estimate of drug-likeness (QED) is 0.533. The van der Waals surface area contributed by atoms with Gasteiger partial charge in [0, 0.05) is 41.7 Å². The second kappa shape index (κ2) is 8.01. The molecule has 0 spiro atoms. The van der Waals surface area contributed by atoms with Crippen LogP contribution in [0.4, 0.5) is 5.69 Å². The molecule has 2 aliphatic rings. The normalized spacial score (nSPS) is 21.2. The van der Waals surface area contributed by atoms with Crippen LogP contribution in [0.15, 0.2) is 53.7 Å². The van der Waals surface area contributed by atoms with Gasteiger partial charge in [-0.1, -0.05) is 57.2 Å². The van der Waals surface area contributed by atoms with Crippen LogP contribution in [0, 0.1) is 17.0 Å². The van der Waals surface area contributed by atoms with Gasteiger partial charge in [-0.15, -0.1) is 0 Å². The summed E-state index contributed by atoms with van der Waals surface area (Å²) in [7, 11) is 0. The molecule has 32 heavy (non-hydrogen) atoms. The summed E-state index contributed by atoms with van der Waals surface area (Å²) in [6.45, 7) is 8.17. The lowest BCUT2D eigenvalue weighted by Gasteiger charge is -2.34. The first kappa shape index (κ1) is 21.9. The van der Waals surface area contributed by atoms with Gasteiger partial charge in [-0.3, -0.25) is 19.7 Å². The molecule has 1 amide bonds. The predicted octanol–water partition coefficient (Wildman–Crippen LogP) is 5.21. The summed E-state index contributed by atoms with van der Waals surface area (Å²) in [6, 6.07) is 13.4. The van der Waals surface area contributed by atoms with Crippen molar-refractivity contribution in [2.45, 2.75) is 64.2 Å². The molecule has 6 heteroatoms. The standard InChI is InChI=1S/C26H28N2O4/c1-15-5-6-17(12-22(15)28(31)32)20-14-24(30)27-21-11-18(13-23(29)25(20)21)16-7-9-19(10-8-16)26(2,3)4/h5-10,12,18,20H,11,13-14H2,1-4H3,(H,27,30). The van der Waals surface area contributed by atoms with E-state index in [2.05, 4.69) is 50.4 Å². The van der Waals surface area contributed by atoms with E-state index in [0.29, 0.717) is 35.2 Å². The van der Waals surface area contributed by atoms with Crippen molar-refractivity contribution in [1.29, 1.82) is 0 Å². The fraction of sp³-hybridized carbons (Fsp3) is 0.385. The molecule has 2 unspecified atom stereocenters. The van der Waals surface area contributed by atoms with E-state index in [4.69, 9.17) is 0 Å². The first-order valence-corrected chi connectivity index (χ1v) is 11.0. The summed E-state index contributed by atoms with van der Waals surface area (Å²) in [5, 5.41) is 14.3. The molecule has 2 aromatic carbocycles.